The van der Waals surface area contributed by atoms with Gasteiger partial charge in [0, 0.05) is 6.54 Å². The molecule has 0 heterocycles. The zero-order valence-corrected chi connectivity index (χ0v) is 11.7. The first-order chi connectivity index (χ1) is 9.08. The number of carbonyl (C=O) groups is 2. The molecule has 1 unspecified atom stereocenters. The fourth-order valence-corrected chi connectivity index (χ4v) is 2.65. The van der Waals surface area contributed by atoms with Crippen molar-refractivity contribution in [2.75, 3.05) is 19.8 Å². The number of carbonyl (C=O) groups excluding carboxylic acids is 1. The molecule has 1 fully saturated rings. The normalized spacial score (nSPS) is 17.9. The fourth-order valence-electron chi connectivity index (χ4n) is 2.65. The van der Waals surface area contributed by atoms with E-state index in [-0.39, 0.29) is 12.5 Å². The molecule has 0 spiro atoms. The Labute approximate surface area is 114 Å². The van der Waals surface area contributed by atoms with Crippen LogP contribution in [0.1, 0.15) is 45.4 Å². The number of nitrogens with one attached hydrogen (secondary N) is 1. The molecule has 19 heavy (non-hydrogen) atoms. The maximum Gasteiger partial charge on any atom is 0.329 e. The van der Waals surface area contributed by atoms with Gasteiger partial charge in [-0.1, -0.05) is 39.0 Å². The van der Waals surface area contributed by atoms with Gasteiger partial charge < -0.3 is 15.2 Å². The first-order valence-corrected chi connectivity index (χ1v) is 7.14. The Hall–Kier alpha value is -1.10. The molecule has 0 aliphatic heterocycles. The second kappa shape index (κ2) is 8.91. The van der Waals surface area contributed by atoms with E-state index in [4.69, 9.17) is 9.84 Å². The van der Waals surface area contributed by atoms with Crippen LogP contribution in [0.2, 0.25) is 0 Å². The average Bonchev–Trinajstić information content (AvgIpc) is 2.37. The van der Waals surface area contributed by atoms with Crippen molar-refractivity contribution in [3.63, 3.8) is 0 Å². The maximum absolute atomic E-state index is 11.4. The van der Waals surface area contributed by atoms with E-state index in [9.17, 15) is 9.59 Å². The Balaban J connectivity index is 2.06. The largest absolute Gasteiger partial charge is 0.480 e. The first kappa shape index (κ1) is 16.0. The standard InChI is InChI=1S/C14H25NO4/c1-11(7-12-5-3-2-4-6-12)8-15-13(16)9-19-10-14(17)18/h11-12H,2-10H2,1H3,(H,15,16)(H,17,18). The average molecular weight is 271 g/mol. The molecule has 0 saturated heterocycles. The van der Waals surface area contributed by atoms with Gasteiger partial charge in [0.25, 0.3) is 0 Å². The van der Waals surface area contributed by atoms with Crippen LogP contribution in [0.15, 0.2) is 0 Å². The highest BCUT2D eigenvalue weighted by atomic mass is 16.5. The summed E-state index contributed by atoms with van der Waals surface area (Å²) >= 11 is 0. The minimum atomic E-state index is -1.06. The van der Waals surface area contributed by atoms with Crippen molar-refractivity contribution in [2.45, 2.75) is 45.4 Å². The molecule has 1 atom stereocenters. The number of ether oxygens (including phenoxy) is 1. The lowest BCUT2D eigenvalue weighted by Crippen LogP contribution is -2.32. The third-order valence-electron chi connectivity index (χ3n) is 3.57. The lowest BCUT2D eigenvalue weighted by Gasteiger charge is -2.24. The van der Waals surface area contributed by atoms with Gasteiger partial charge in [-0.2, -0.15) is 0 Å². The van der Waals surface area contributed by atoms with E-state index >= 15 is 0 Å². The van der Waals surface area contributed by atoms with Gasteiger partial charge in [-0.25, -0.2) is 4.79 Å². The Morgan fingerprint density at radius 2 is 1.95 bits per heavy atom. The molecule has 0 bridgehead atoms. The summed E-state index contributed by atoms with van der Waals surface area (Å²) in [4.78, 5) is 21.6. The summed E-state index contributed by atoms with van der Waals surface area (Å²) in [6.07, 6.45) is 7.85. The highest BCUT2D eigenvalue weighted by molar-refractivity contribution is 5.77. The van der Waals surface area contributed by atoms with Crippen molar-refractivity contribution in [1.29, 1.82) is 0 Å². The van der Waals surface area contributed by atoms with Crippen molar-refractivity contribution < 1.29 is 19.4 Å². The number of aliphatic carboxylic acids is 1. The molecular formula is C14H25NO4. The molecule has 5 heteroatoms. The SMILES string of the molecule is CC(CNC(=O)COCC(=O)O)CC1CCCCC1. The molecule has 110 valence electrons. The van der Waals surface area contributed by atoms with E-state index < -0.39 is 12.6 Å². The lowest BCUT2D eigenvalue weighted by molar-refractivity contribution is -0.143. The Bertz CT molecular complexity index is 287. The summed E-state index contributed by atoms with van der Waals surface area (Å²) in [5.74, 6) is -0.0225. The van der Waals surface area contributed by atoms with Gasteiger partial charge in [0.05, 0.1) is 0 Å². The van der Waals surface area contributed by atoms with Gasteiger partial charge in [-0.15, -0.1) is 0 Å². The minimum absolute atomic E-state index is 0.178. The molecule has 5 nitrogen and oxygen atoms in total. The molecule has 1 amide bonds. The third kappa shape index (κ3) is 7.82. The zero-order valence-electron chi connectivity index (χ0n) is 11.7. The summed E-state index contributed by atoms with van der Waals surface area (Å²) in [5, 5.41) is 11.2. The number of rotatable bonds is 8. The van der Waals surface area contributed by atoms with E-state index in [1.54, 1.807) is 0 Å². The van der Waals surface area contributed by atoms with Crippen LogP contribution in [0.5, 0.6) is 0 Å². The van der Waals surface area contributed by atoms with E-state index in [2.05, 4.69) is 12.2 Å². The molecule has 1 aliphatic rings. The van der Waals surface area contributed by atoms with Gasteiger partial charge in [0.1, 0.15) is 13.2 Å². The molecule has 1 rings (SSSR count). The fraction of sp³-hybridized carbons (Fsp3) is 0.857. The third-order valence-corrected chi connectivity index (χ3v) is 3.57. The smallest absolute Gasteiger partial charge is 0.329 e. The van der Waals surface area contributed by atoms with Crippen molar-refractivity contribution in [3.8, 4) is 0 Å². The molecule has 1 aliphatic carbocycles. The molecule has 0 aromatic heterocycles. The van der Waals surface area contributed by atoms with Gasteiger partial charge in [-0.05, 0) is 18.3 Å². The van der Waals surface area contributed by atoms with Crippen molar-refractivity contribution in [2.24, 2.45) is 11.8 Å². The Morgan fingerprint density at radius 3 is 2.58 bits per heavy atom. The zero-order chi connectivity index (χ0) is 14.1. The second-order valence-electron chi connectivity index (χ2n) is 5.54. The van der Waals surface area contributed by atoms with Crippen molar-refractivity contribution in [1.82, 2.24) is 5.32 Å². The summed E-state index contributed by atoms with van der Waals surface area (Å²) in [7, 11) is 0. The molecule has 1 saturated carbocycles. The number of amides is 1. The predicted molar refractivity (Wildman–Crippen MR) is 71.8 cm³/mol. The predicted octanol–water partition coefficient (Wildman–Crippen LogP) is 1.81. The highest BCUT2D eigenvalue weighted by Crippen LogP contribution is 2.28. The number of carboxylic acid groups (broad SMARTS) is 1. The number of hydrogen-bond acceptors (Lipinski definition) is 3. The van der Waals surface area contributed by atoms with E-state index in [0.29, 0.717) is 12.5 Å². The van der Waals surface area contributed by atoms with Gasteiger partial charge in [0.15, 0.2) is 0 Å². The van der Waals surface area contributed by atoms with Crippen molar-refractivity contribution in [3.05, 3.63) is 0 Å². The van der Waals surface area contributed by atoms with E-state index in [1.807, 2.05) is 0 Å². The van der Waals surface area contributed by atoms with Crippen LogP contribution in [0, 0.1) is 11.8 Å². The Kier molecular flexibility index (Phi) is 7.48. The second-order valence-corrected chi connectivity index (χ2v) is 5.54. The number of hydrogen-bond donors (Lipinski definition) is 2. The number of carboxylic acids is 1. The summed E-state index contributed by atoms with van der Waals surface area (Å²) in [6, 6.07) is 0. The maximum atomic E-state index is 11.4. The van der Waals surface area contributed by atoms with Crippen LogP contribution < -0.4 is 5.32 Å². The van der Waals surface area contributed by atoms with Gasteiger partial charge in [0.2, 0.25) is 5.91 Å². The molecule has 0 aromatic rings. The highest BCUT2D eigenvalue weighted by Gasteiger charge is 2.16. The molecule has 0 radical (unpaired) electrons. The minimum Gasteiger partial charge on any atom is -0.480 e. The van der Waals surface area contributed by atoms with Gasteiger partial charge >= 0.3 is 5.97 Å². The van der Waals surface area contributed by atoms with Crippen LogP contribution in [-0.2, 0) is 14.3 Å². The van der Waals surface area contributed by atoms with Crippen LogP contribution in [0.3, 0.4) is 0 Å². The van der Waals surface area contributed by atoms with E-state index in [0.717, 1.165) is 12.3 Å². The summed E-state index contributed by atoms with van der Waals surface area (Å²) in [5.41, 5.74) is 0. The van der Waals surface area contributed by atoms with Crippen LogP contribution in [-0.4, -0.2) is 36.7 Å². The lowest BCUT2D eigenvalue weighted by atomic mass is 9.83. The van der Waals surface area contributed by atoms with Crippen LogP contribution >= 0.6 is 0 Å². The van der Waals surface area contributed by atoms with Crippen LogP contribution in [0.4, 0.5) is 0 Å². The monoisotopic (exact) mass is 271 g/mol. The quantitative estimate of drug-likeness (QED) is 0.706. The molecular weight excluding hydrogens is 246 g/mol. The summed E-state index contributed by atoms with van der Waals surface area (Å²) < 4.78 is 4.73. The van der Waals surface area contributed by atoms with Crippen molar-refractivity contribution >= 4 is 11.9 Å². The molecule has 2 N–H and O–H groups in total. The topological polar surface area (TPSA) is 75.6 Å². The first-order valence-electron chi connectivity index (χ1n) is 7.14. The van der Waals surface area contributed by atoms with Crippen LogP contribution in [0.25, 0.3) is 0 Å². The summed E-state index contributed by atoms with van der Waals surface area (Å²) in [6.45, 7) is 2.19. The Morgan fingerprint density at radius 1 is 1.26 bits per heavy atom. The van der Waals surface area contributed by atoms with E-state index in [1.165, 1.54) is 32.1 Å². The molecule has 0 aromatic carbocycles. The van der Waals surface area contributed by atoms with Gasteiger partial charge in [-0.3, -0.25) is 4.79 Å².